The molecule has 0 radical (unpaired) electrons. The second-order valence-electron chi connectivity index (χ2n) is 6.99. The molecular formula is C24H16O4. The molecule has 2 aromatic heterocycles. The van der Waals surface area contributed by atoms with Crippen molar-refractivity contribution in [1.29, 1.82) is 0 Å². The lowest BCUT2D eigenvalue weighted by Gasteiger charge is -2.08. The van der Waals surface area contributed by atoms with E-state index in [4.69, 9.17) is 18.3 Å². The van der Waals surface area contributed by atoms with Crippen molar-refractivity contribution in [3.63, 3.8) is 0 Å². The summed E-state index contributed by atoms with van der Waals surface area (Å²) in [6.07, 6.45) is 0. The van der Waals surface area contributed by atoms with Gasteiger partial charge in [0.25, 0.3) is 11.9 Å². The fraction of sp³-hybridized carbons (Fsp3) is 0.0833. The summed E-state index contributed by atoms with van der Waals surface area (Å²) in [5, 5.41) is 9.16. The van der Waals surface area contributed by atoms with Gasteiger partial charge in [0.05, 0.1) is 14.2 Å². The molecule has 6 aromatic rings. The highest BCUT2D eigenvalue weighted by Crippen LogP contribution is 2.37. The molecule has 0 atom stereocenters. The van der Waals surface area contributed by atoms with Crippen molar-refractivity contribution in [3.8, 4) is 11.9 Å². The zero-order valence-electron chi connectivity index (χ0n) is 15.4. The van der Waals surface area contributed by atoms with Gasteiger partial charge < -0.3 is 18.3 Å². The largest absolute Gasteiger partial charge is 0.468 e. The van der Waals surface area contributed by atoms with E-state index in [1.54, 1.807) is 14.2 Å². The molecule has 0 aliphatic rings. The number of hydrogen-bond donors (Lipinski definition) is 0. The van der Waals surface area contributed by atoms with Crippen LogP contribution in [0.4, 0.5) is 0 Å². The first-order chi connectivity index (χ1) is 13.7. The second kappa shape index (κ2) is 5.42. The molecule has 0 aliphatic heterocycles. The van der Waals surface area contributed by atoms with Gasteiger partial charge in [-0.25, -0.2) is 0 Å². The highest BCUT2D eigenvalue weighted by molar-refractivity contribution is 6.20. The summed E-state index contributed by atoms with van der Waals surface area (Å²) in [7, 11) is 3.23. The third-order valence-corrected chi connectivity index (χ3v) is 5.46. The maximum absolute atomic E-state index is 5.72. The van der Waals surface area contributed by atoms with Crippen LogP contribution in [0.3, 0.4) is 0 Å². The second-order valence-corrected chi connectivity index (χ2v) is 6.99. The van der Waals surface area contributed by atoms with Crippen LogP contribution in [0.15, 0.2) is 69.5 Å². The third kappa shape index (κ3) is 2.06. The van der Waals surface area contributed by atoms with Crippen LogP contribution in [0.1, 0.15) is 0 Å². The quantitative estimate of drug-likeness (QED) is 0.321. The van der Waals surface area contributed by atoms with Gasteiger partial charge in [-0.2, -0.15) is 0 Å². The van der Waals surface area contributed by atoms with Gasteiger partial charge in [-0.05, 0) is 56.6 Å². The Labute approximate surface area is 159 Å². The summed E-state index contributed by atoms with van der Waals surface area (Å²) >= 11 is 0. The van der Waals surface area contributed by atoms with E-state index < -0.39 is 0 Å². The molecule has 0 bridgehead atoms. The highest BCUT2D eigenvalue weighted by Gasteiger charge is 2.11. The molecule has 4 aromatic carbocycles. The molecule has 136 valence electrons. The predicted molar refractivity (Wildman–Crippen MR) is 112 cm³/mol. The Morgan fingerprint density at radius 2 is 0.964 bits per heavy atom. The van der Waals surface area contributed by atoms with E-state index in [2.05, 4.69) is 48.5 Å². The van der Waals surface area contributed by atoms with E-state index in [0.29, 0.717) is 11.9 Å². The number of rotatable bonds is 2. The first-order valence-corrected chi connectivity index (χ1v) is 9.08. The van der Waals surface area contributed by atoms with Crippen molar-refractivity contribution in [1.82, 2.24) is 0 Å². The Morgan fingerprint density at radius 3 is 1.39 bits per heavy atom. The molecule has 6 rings (SSSR count). The van der Waals surface area contributed by atoms with Gasteiger partial charge in [0.2, 0.25) is 0 Å². The number of hydrogen-bond acceptors (Lipinski definition) is 4. The van der Waals surface area contributed by atoms with Gasteiger partial charge in [0.15, 0.2) is 0 Å². The van der Waals surface area contributed by atoms with Crippen molar-refractivity contribution >= 4 is 54.3 Å². The van der Waals surface area contributed by atoms with Gasteiger partial charge in [0.1, 0.15) is 11.2 Å². The highest BCUT2D eigenvalue weighted by atomic mass is 16.6. The van der Waals surface area contributed by atoms with Gasteiger partial charge in [-0.15, -0.1) is 0 Å². The van der Waals surface area contributed by atoms with Crippen molar-refractivity contribution in [2.24, 2.45) is 0 Å². The minimum absolute atomic E-state index is 0.524. The van der Waals surface area contributed by atoms with Gasteiger partial charge >= 0.3 is 0 Å². The monoisotopic (exact) mass is 368 g/mol. The number of furan rings is 2. The van der Waals surface area contributed by atoms with Gasteiger partial charge in [-0.1, -0.05) is 24.3 Å². The molecule has 0 saturated carbocycles. The van der Waals surface area contributed by atoms with Gasteiger partial charge in [-0.3, -0.25) is 0 Å². The standard InChI is InChI=1S/C24H16O4/c1-25-23-11-15-7-19-13(9-21(15)27-23)3-5-18-17(19)6-4-14-10-22-16(8-20(14)18)12-24(26-2)28-22/h3-12H,1-2H3. The first kappa shape index (κ1) is 15.4. The summed E-state index contributed by atoms with van der Waals surface area (Å²) in [5.41, 5.74) is 1.66. The van der Waals surface area contributed by atoms with Crippen molar-refractivity contribution < 1.29 is 18.3 Å². The van der Waals surface area contributed by atoms with Crippen molar-refractivity contribution in [3.05, 3.63) is 60.7 Å². The maximum atomic E-state index is 5.72. The van der Waals surface area contributed by atoms with E-state index in [-0.39, 0.29) is 0 Å². The summed E-state index contributed by atoms with van der Waals surface area (Å²) < 4.78 is 21.9. The normalized spacial score (nSPS) is 11.9. The van der Waals surface area contributed by atoms with Crippen molar-refractivity contribution in [2.45, 2.75) is 0 Å². The molecular weight excluding hydrogens is 352 g/mol. The van der Waals surface area contributed by atoms with Crippen LogP contribution in [0.5, 0.6) is 11.9 Å². The lowest BCUT2D eigenvalue weighted by Crippen LogP contribution is -1.81. The molecule has 0 fully saturated rings. The SMILES string of the molecule is COc1cc2cc3c(ccc4c5cc6cc(OC)oc6cc5ccc34)cc2o1. The van der Waals surface area contributed by atoms with Crippen LogP contribution >= 0.6 is 0 Å². The average molecular weight is 368 g/mol. The van der Waals surface area contributed by atoms with E-state index in [0.717, 1.165) is 32.7 Å². The van der Waals surface area contributed by atoms with Crippen LogP contribution in [0, 0.1) is 0 Å². The molecule has 0 saturated heterocycles. The summed E-state index contributed by atoms with van der Waals surface area (Å²) in [6, 6.07) is 21.0. The predicted octanol–water partition coefficient (Wildman–Crippen LogP) is 6.66. The minimum atomic E-state index is 0.524. The smallest absolute Gasteiger partial charge is 0.285 e. The number of methoxy groups -OCH3 is 2. The topological polar surface area (TPSA) is 44.7 Å². The Bertz CT molecular complexity index is 1420. The zero-order chi connectivity index (χ0) is 18.8. The molecule has 0 spiro atoms. The maximum Gasteiger partial charge on any atom is 0.285 e. The zero-order valence-corrected chi connectivity index (χ0v) is 15.4. The van der Waals surface area contributed by atoms with E-state index in [1.165, 1.54) is 21.5 Å². The summed E-state index contributed by atoms with van der Waals surface area (Å²) in [6.45, 7) is 0. The molecule has 2 heterocycles. The Kier molecular flexibility index (Phi) is 2.98. The van der Waals surface area contributed by atoms with E-state index in [1.807, 2.05) is 12.1 Å². The molecule has 0 aliphatic carbocycles. The number of ether oxygens (including phenoxy) is 2. The molecule has 4 nitrogen and oxygen atoms in total. The number of benzene rings is 4. The van der Waals surface area contributed by atoms with Crippen LogP contribution < -0.4 is 9.47 Å². The average Bonchev–Trinajstić information content (AvgIpc) is 3.32. The Morgan fingerprint density at radius 1 is 0.500 bits per heavy atom. The fourth-order valence-electron chi connectivity index (χ4n) is 4.10. The molecule has 28 heavy (non-hydrogen) atoms. The van der Waals surface area contributed by atoms with Crippen molar-refractivity contribution in [2.75, 3.05) is 14.2 Å². The summed E-state index contributed by atoms with van der Waals surface area (Å²) in [4.78, 5) is 0. The Hall–Kier alpha value is -3.66. The van der Waals surface area contributed by atoms with Crippen LogP contribution in [-0.2, 0) is 0 Å². The summed E-state index contributed by atoms with van der Waals surface area (Å²) in [5.74, 6) is 1.05. The fourth-order valence-corrected chi connectivity index (χ4v) is 4.10. The minimum Gasteiger partial charge on any atom is -0.468 e. The van der Waals surface area contributed by atoms with Gasteiger partial charge in [0, 0.05) is 22.9 Å². The van der Waals surface area contributed by atoms with Crippen LogP contribution in [0.2, 0.25) is 0 Å². The third-order valence-electron chi connectivity index (χ3n) is 5.46. The van der Waals surface area contributed by atoms with Crippen LogP contribution in [-0.4, -0.2) is 14.2 Å². The molecule has 0 N–H and O–H groups in total. The lowest BCUT2D eigenvalue weighted by molar-refractivity contribution is 0.315. The molecule has 0 unspecified atom stereocenters. The lowest BCUT2D eigenvalue weighted by atomic mass is 9.96. The Balaban J connectivity index is 1.71. The van der Waals surface area contributed by atoms with E-state index >= 15 is 0 Å². The first-order valence-electron chi connectivity index (χ1n) is 9.08. The van der Waals surface area contributed by atoms with Crippen LogP contribution in [0.25, 0.3) is 54.3 Å². The van der Waals surface area contributed by atoms with E-state index in [9.17, 15) is 0 Å². The molecule has 4 heteroatoms. The number of fused-ring (bicyclic) bond motifs is 7. The molecule has 0 amide bonds.